The van der Waals surface area contributed by atoms with Gasteiger partial charge in [0.1, 0.15) is 0 Å². The maximum atomic E-state index is 15.5. The number of carboxylic acid groups (broad SMARTS) is 1. The zero-order valence-corrected chi connectivity index (χ0v) is 20.1. The molecule has 4 rings (SSSR count). The summed E-state index contributed by atoms with van der Waals surface area (Å²) in [6.45, 7) is 6.32. The SMILES string of the molecule is CC(C)(C)C1[C@H](Nc2nc(-c3cnn4ccccc34)nc(OCCCO)c2F)CCCN1C(=O)O. The first-order valence-electron chi connectivity index (χ1n) is 11.7. The number of rotatable bonds is 7. The second-order valence-corrected chi connectivity index (χ2v) is 9.71. The lowest BCUT2D eigenvalue weighted by atomic mass is 9.77. The van der Waals surface area contributed by atoms with Gasteiger partial charge < -0.3 is 25.2 Å². The zero-order valence-electron chi connectivity index (χ0n) is 20.1. The molecule has 11 heteroatoms. The van der Waals surface area contributed by atoms with E-state index in [4.69, 9.17) is 9.84 Å². The number of nitrogens with zero attached hydrogens (tertiary/aromatic N) is 5. The van der Waals surface area contributed by atoms with E-state index in [2.05, 4.69) is 20.4 Å². The molecule has 3 N–H and O–H groups in total. The van der Waals surface area contributed by atoms with Crippen LogP contribution >= 0.6 is 0 Å². The van der Waals surface area contributed by atoms with E-state index in [-0.39, 0.29) is 36.8 Å². The predicted octanol–water partition coefficient (Wildman–Crippen LogP) is 3.66. The molecule has 3 aromatic rings. The number of aromatic nitrogens is 4. The Hall–Kier alpha value is -3.47. The Morgan fingerprint density at radius 2 is 2.11 bits per heavy atom. The van der Waals surface area contributed by atoms with Crippen molar-refractivity contribution in [1.29, 1.82) is 0 Å². The second-order valence-electron chi connectivity index (χ2n) is 9.71. The average Bonchev–Trinajstić information content (AvgIpc) is 3.25. The Labute approximate surface area is 202 Å². The third kappa shape index (κ3) is 5.14. The molecule has 10 nitrogen and oxygen atoms in total. The van der Waals surface area contributed by atoms with Crippen molar-refractivity contribution in [2.45, 2.75) is 52.1 Å². The molecule has 1 unspecified atom stereocenters. The van der Waals surface area contributed by atoms with Gasteiger partial charge in [-0.05, 0) is 30.4 Å². The molecule has 35 heavy (non-hydrogen) atoms. The largest absolute Gasteiger partial charge is 0.475 e. The van der Waals surface area contributed by atoms with Gasteiger partial charge >= 0.3 is 6.09 Å². The molecule has 4 heterocycles. The van der Waals surface area contributed by atoms with E-state index in [0.717, 1.165) is 5.52 Å². The molecule has 0 saturated carbocycles. The molecule has 1 aliphatic heterocycles. The van der Waals surface area contributed by atoms with Crippen LogP contribution in [0.5, 0.6) is 5.88 Å². The third-order valence-electron chi connectivity index (χ3n) is 6.12. The first-order valence-corrected chi connectivity index (χ1v) is 11.7. The highest BCUT2D eigenvalue weighted by Crippen LogP contribution is 2.35. The molecule has 1 aliphatic rings. The summed E-state index contributed by atoms with van der Waals surface area (Å²) in [4.78, 5) is 22.2. The number of anilines is 1. The summed E-state index contributed by atoms with van der Waals surface area (Å²) in [7, 11) is 0. The molecule has 2 atom stereocenters. The van der Waals surface area contributed by atoms with Crippen LogP contribution in [0, 0.1) is 11.2 Å². The number of aliphatic hydroxyl groups excluding tert-OH is 1. The van der Waals surface area contributed by atoms with Crippen LogP contribution < -0.4 is 10.1 Å². The maximum absolute atomic E-state index is 15.5. The summed E-state index contributed by atoms with van der Waals surface area (Å²) in [5, 5.41) is 26.4. The molecule has 0 radical (unpaired) electrons. The minimum Gasteiger partial charge on any atom is -0.475 e. The van der Waals surface area contributed by atoms with Crippen molar-refractivity contribution in [3.63, 3.8) is 0 Å². The summed E-state index contributed by atoms with van der Waals surface area (Å²) in [5.74, 6) is -0.828. The normalized spacial score (nSPS) is 18.6. The van der Waals surface area contributed by atoms with E-state index >= 15 is 4.39 Å². The number of hydrogen-bond donors (Lipinski definition) is 3. The van der Waals surface area contributed by atoms with E-state index in [1.54, 1.807) is 16.9 Å². The number of halogens is 1. The monoisotopic (exact) mass is 486 g/mol. The Balaban J connectivity index is 1.76. The molecular weight excluding hydrogens is 455 g/mol. The van der Waals surface area contributed by atoms with E-state index in [9.17, 15) is 9.90 Å². The van der Waals surface area contributed by atoms with Gasteiger partial charge in [0.2, 0.25) is 5.82 Å². The maximum Gasteiger partial charge on any atom is 0.407 e. The number of aliphatic hydroxyl groups is 1. The lowest BCUT2D eigenvalue weighted by Gasteiger charge is -2.47. The summed E-state index contributed by atoms with van der Waals surface area (Å²) >= 11 is 0. The van der Waals surface area contributed by atoms with Crippen LogP contribution in [0.2, 0.25) is 0 Å². The van der Waals surface area contributed by atoms with Crippen molar-refractivity contribution in [1.82, 2.24) is 24.5 Å². The van der Waals surface area contributed by atoms with Crippen LogP contribution in [0.1, 0.15) is 40.0 Å². The Morgan fingerprint density at radius 1 is 1.31 bits per heavy atom. The van der Waals surface area contributed by atoms with E-state index in [1.807, 2.05) is 39.0 Å². The van der Waals surface area contributed by atoms with Gasteiger partial charge in [-0.15, -0.1) is 0 Å². The fourth-order valence-electron chi connectivity index (χ4n) is 4.69. The first-order chi connectivity index (χ1) is 16.7. The summed E-state index contributed by atoms with van der Waals surface area (Å²) in [5.41, 5.74) is 0.948. The molecule has 1 saturated heterocycles. The highest BCUT2D eigenvalue weighted by atomic mass is 19.1. The molecule has 0 aliphatic carbocycles. The van der Waals surface area contributed by atoms with E-state index in [0.29, 0.717) is 31.4 Å². The van der Waals surface area contributed by atoms with Gasteiger partial charge in [-0.25, -0.2) is 14.3 Å². The minimum absolute atomic E-state index is 0.0595. The predicted molar refractivity (Wildman–Crippen MR) is 128 cm³/mol. The highest BCUT2D eigenvalue weighted by Gasteiger charge is 2.42. The molecule has 0 bridgehead atoms. The summed E-state index contributed by atoms with van der Waals surface area (Å²) in [6.07, 6.45) is 4.01. The Morgan fingerprint density at radius 3 is 2.83 bits per heavy atom. The van der Waals surface area contributed by atoms with E-state index < -0.39 is 23.4 Å². The van der Waals surface area contributed by atoms with Gasteiger partial charge in [-0.1, -0.05) is 26.8 Å². The number of ether oxygens (including phenoxy) is 1. The highest BCUT2D eigenvalue weighted by molar-refractivity contribution is 5.76. The molecule has 1 fully saturated rings. The van der Waals surface area contributed by atoms with Crippen molar-refractivity contribution < 1.29 is 24.1 Å². The van der Waals surface area contributed by atoms with Crippen molar-refractivity contribution in [2.24, 2.45) is 5.41 Å². The van der Waals surface area contributed by atoms with Gasteiger partial charge in [0.25, 0.3) is 5.88 Å². The number of piperidine rings is 1. The molecule has 3 aromatic heterocycles. The standard InChI is InChI=1S/C24H31FN6O4/c1-24(2,3)19-16(8-6-10-30(19)23(33)34)27-21-18(25)22(35-13-7-12-32)29-20(28-21)15-14-26-31-11-5-4-9-17(15)31/h4-5,9,11,14,16,19,32H,6-8,10,12-13H2,1-3H3,(H,33,34)(H,27,28,29)/t16-,19?/m1/s1. The smallest absolute Gasteiger partial charge is 0.407 e. The number of likely N-dealkylation sites (tertiary alicyclic amines) is 1. The van der Waals surface area contributed by atoms with Crippen molar-refractivity contribution in [3.8, 4) is 17.3 Å². The fourth-order valence-corrected chi connectivity index (χ4v) is 4.69. The van der Waals surface area contributed by atoms with Crippen LogP contribution in [-0.2, 0) is 0 Å². The molecule has 0 aromatic carbocycles. The third-order valence-corrected chi connectivity index (χ3v) is 6.12. The van der Waals surface area contributed by atoms with Crippen LogP contribution in [-0.4, -0.2) is 72.6 Å². The number of pyridine rings is 1. The minimum atomic E-state index is -1.00. The van der Waals surface area contributed by atoms with Gasteiger partial charge in [-0.2, -0.15) is 14.5 Å². The lowest BCUT2D eigenvalue weighted by Crippen LogP contribution is -2.58. The number of amides is 1. The van der Waals surface area contributed by atoms with Crippen molar-refractivity contribution >= 4 is 17.4 Å². The Kier molecular flexibility index (Phi) is 7.06. The number of carbonyl (C=O) groups is 1. The van der Waals surface area contributed by atoms with Gasteiger partial charge in [-0.3, -0.25) is 0 Å². The molecule has 0 spiro atoms. The number of hydrogen-bond acceptors (Lipinski definition) is 7. The van der Waals surface area contributed by atoms with Crippen molar-refractivity contribution in [3.05, 3.63) is 36.4 Å². The van der Waals surface area contributed by atoms with Crippen LogP contribution in [0.3, 0.4) is 0 Å². The van der Waals surface area contributed by atoms with Gasteiger partial charge in [0.15, 0.2) is 11.6 Å². The average molecular weight is 487 g/mol. The second kappa shape index (κ2) is 10.0. The number of nitrogens with one attached hydrogen (secondary N) is 1. The first kappa shape index (κ1) is 24.6. The topological polar surface area (TPSA) is 125 Å². The van der Waals surface area contributed by atoms with Crippen LogP contribution in [0.4, 0.5) is 15.0 Å². The van der Waals surface area contributed by atoms with Gasteiger partial charge in [0, 0.05) is 31.8 Å². The molecular formula is C24H31FN6O4. The van der Waals surface area contributed by atoms with E-state index in [1.165, 1.54) is 4.90 Å². The quantitative estimate of drug-likeness (QED) is 0.432. The van der Waals surface area contributed by atoms with Crippen LogP contribution in [0.15, 0.2) is 30.6 Å². The van der Waals surface area contributed by atoms with Gasteiger partial charge in [0.05, 0.1) is 29.9 Å². The summed E-state index contributed by atoms with van der Waals surface area (Å²) < 4.78 is 22.8. The Bertz CT molecular complexity index is 1190. The fraction of sp³-hybridized carbons (Fsp3) is 0.500. The summed E-state index contributed by atoms with van der Waals surface area (Å²) in [6, 6.07) is 4.79. The zero-order chi connectivity index (χ0) is 25.2. The number of fused-ring (bicyclic) bond motifs is 1. The lowest BCUT2D eigenvalue weighted by molar-refractivity contribution is 0.0517. The molecule has 188 valence electrons. The van der Waals surface area contributed by atoms with Crippen molar-refractivity contribution in [2.75, 3.05) is 25.1 Å². The molecule has 1 amide bonds. The van der Waals surface area contributed by atoms with Crippen LogP contribution in [0.25, 0.3) is 16.9 Å².